The minimum Gasteiger partial charge on any atom is -0.480 e. The van der Waals surface area contributed by atoms with Crippen LogP contribution in [0.4, 0.5) is 0 Å². The Kier molecular flexibility index (Phi) is 6.56. The Morgan fingerprint density at radius 1 is 1.22 bits per heavy atom. The SMILES string of the molecule is COc1ncccc1C(=O)NCCCN(C)Cc1ccccc1. The van der Waals surface area contributed by atoms with Crippen molar-refractivity contribution in [3.05, 3.63) is 59.8 Å². The summed E-state index contributed by atoms with van der Waals surface area (Å²) in [5.41, 5.74) is 1.76. The molecule has 5 heteroatoms. The zero-order chi connectivity index (χ0) is 16.5. The van der Waals surface area contributed by atoms with Gasteiger partial charge in [-0.1, -0.05) is 30.3 Å². The van der Waals surface area contributed by atoms with Crippen molar-refractivity contribution < 1.29 is 9.53 Å². The van der Waals surface area contributed by atoms with E-state index in [4.69, 9.17) is 4.74 Å². The number of carbonyl (C=O) groups is 1. The van der Waals surface area contributed by atoms with Crippen molar-refractivity contribution in [2.75, 3.05) is 27.2 Å². The highest BCUT2D eigenvalue weighted by Crippen LogP contribution is 2.12. The van der Waals surface area contributed by atoms with E-state index >= 15 is 0 Å². The topological polar surface area (TPSA) is 54.5 Å². The molecule has 0 aliphatic rings. The van der Waals surface area contributed by atoms with Gasteiger partial charge in [0.1, 0.15) is 5.56 Å². The van der Waals surface area contributed by atoms with Crippen LogP contribution in [0.5, 0.6) is 5.88 Å². The fourth-order valence-corrected chi connectivity index (χ4v) is 2.35. The first kappa shape index (κ1) is 17.0. The number of nitrogens with zero attached hydrogens (tertiary/aromatic N) is 2. The number of ether oxygens (including phenoxy) is 1. The number of aromatic nitrogens is 1. The van der Waals surface area contributed by atoms with E-state index in [-0.39, 0.29) is 5.91 Å². The molecule has 0 atom stereocenters. The number of hydrogen-bond donors (Lipinski definition) is 1. The molecule has 0 spiro atoms. The van der Waals surface area contributed by atoms with Crippen molar-refractivity contribution in [2.24, 2.45) is 0 Å². The summed E-state index contributed by atoms with van der Waals surface area (Å²) in [5.74, 6) is 0.201. The normalized spacial score (nSPS) is 10.6. The average Bonchev–Trinajstić information content (AvgIpc) is 2.59. The highest BCUT2D eigenvalue weighted by molar-refractivity contribution is 5.96. The molecule has 1 aromatic carbocycles. The van der Waals surface area contributed by atoms with Gasteiger partial charge in [0.2, 0.25) is 5.88 Å². The fraction of sp³-hybridized carbons (Fsp3) is 0.333. The van der Waals surface area contributed by atoms with Crippen molar-refractivity contribution in [2.45, 2.75) is 13.0 Å². The molecule has 0 aliphatic carbocycles. The van der Waals surface area contributed by atoms with Gasteiger partial charge in [-0.2, -0.15) is 0 Å². The molecule has 122 valence electrons. The third-order valence-electron chi connectivity index (χ3n) is 3.51. The Balaban J connectivity index is 1.71. The molecule has 1 heterocycles. The van der Waals surface area contributed by atoms with Crippen molar-refractivity contribution >= 4 is 5.91 Å². The molecule has 0 unspecified atom stereocenters. The summed E-state index contributed by atoms with van der Waals surface area (Å²) in [5, 5.41) is 2.91. The van der Waals surface area contributed by atoms with Crippen LogP contribution in [0.15, 0.2) is 48.7 Å². The van der Waals surface area contributed by atoms with E-state index < -0.39 is 0 Å². The highest BCUT2D eigenvalue weighted by Gasteiger charge is 2.11. The number of methoxy groups -OCH3 is 1. The van der Waals surface area contributed by atoms with Gasteiger partial charge in [-0.3, -0.25) is 4.79 Å². The Morgan fingerprint density at radius 2 is 2.00 bits per heavy atom. The van der Waals surface area contributed by atoms with Gasteiger partial charge < -0.3 is 15.0 Å². The molecule has 1 N–H and O–H groups in total. The van der Waals surface area contributed by atoms with Gasteiger partial charge in [0.15, 0.2) is 0 Å². The predicted molar refractivity (Wildman–Crippen MR) is 90.5 cm³/mol. The molecule has 0 aliphatic heterocycles. The molecule has 1 aromatic heterocycles. The highest BCUT2D eigenvalue weighted by atomic mass is 16.5. The number of pyridine rings is 1. The number of nitrogens with one attached hydrogen (secondary N) is 1. The average molecular weight is 313 g/mol. The summed E-state index contributed by atoms with van der Waals surface area (Å²) in [6.45, 7) is 2.45. The van der Waals surface area contributed by atoms with Crippen LogP contribution in [0.3, 0.4) is 0 Å². The zero-order valence-electron chi connectivity index (χ0n) is 13.7. The minimum absolute atomic E-state index is 0.152. The number of amides is 1. The van der Waals surface area contributed by atoms with E-state index in [9.17, 15) is 4.79 Å². The van der Waals surface area contributed by atoms with Gasteiger partial charge in [-0.25, -0.2) is 4.98 Å². The van der Waals surface area contributed by atoms with E-state index in [1.165, 1.54) is 12.7 Å². The van der Waals surface area contributed by atoms with Crippen LogP contribution in [-0.4, -0.2) is 43.0 Å². The van der Waals surface area contributed by atoms with Gasteiger partial charge in [-0.15, -0.1) is 0 Å². The summed E-state index contributed by atoms with van der Waals surface area (Å²) in [7, 11) is 3.59. The maximum Gasteiger partial charge on any atom is 0.256 e. The second-order valence-electron chi connectivity index (χ2n) is 5.39. The van der Waals surface area contributed by atoms with Crippen LogP contribution in [0.2, 0.25) is 0 Å². The third kappa shape index (κ3) is 5.38. The standard InChI is InChI=1S/C18H23N3O2/c1-21(14-15-8-4-3-5-9-15)13-7-12-19-17(22)16-10-6-11-20-18(16)23-2/h3-6,8-11H,7,12-14H2,1-2H3,(H,19,22). The van der Waals surface area contributed by atoms with Crippen molar-refractivity contribution in [1.29, 1.82) is 0 Å². The second kappa shape index (κ2) is 8.90. The molecule has 0 fully saturated rings. The van der Waals surface area contributed by atoms with Crippen LogP contribution < -0.4 is 10.1 Å². The Morgan fingerprint density at radius 3 is 2.74 bits per heavy atom. The number of benzene rings is 1. The number of carbonyl (C=O) groups excluding carboxylic acids is 1. The lowest BCUT2D eigenvalue weighted by Crippen LogP contribution is -2.28. The molecule has 0 saturated heterocycles. The van der Waals surface area contributed by atoms with Crippen LogP contribution in [0.25, 0.3) is 0 Å². The quantitative estimate of drug-likeness (QED) is 0.760. The summed E-state index contributed by atoms with van der Waals surface area (Å²) in [6, 6.07) is 13.8. The van der Waals surface area contributed by atoms with E-state index in [1.54, 1.807) is 18.3 Å². The maximum atomic E-state index is 12.1. The van der Waals surface area contributed by atoms with Crippen molar-refractivity contribution in [1.82, 2.24) is 15.2 Å². The summed E-state index contributed by atoms with van der Waals surface area (Å²) in [4.78, 5) is 18.4. The molecular formula is C18H23N3O2. The lowest BCUT2D eigenvalue weighted by molar-refractivity contribution is 0.0948. The van der Waals surface area contributed by atoms with Crippen molar-refractivity contribution in [3.63, 3.8) is 0 Å². The van der Waals surface area contributed by atoms with E-state index in [0.29, 0.717) is 18.0 Å². The first-order valence-electron chi connectivity index (χ1n) is 7.70. The fourth-order valence-electron chi connectivity index (χ4n) is 2.35. The van der Waals surface area contributed by atoms with Crippen LogP contribution in [-0.2, 0) is 6.54 Å². The molecular weight excluding hydrogens is 290 g/mol. The van der Waals surface area contributed by atoms with E-state index in [0.717, 1.165) is 19.5 Å². The number of rotatable bonds is 8. The van der Waals surface area contributed by atoms with Gasteiger partial charge >= 0.3 is 0 Å². The first-order valence-corrected chi connectivity index (χ1v) is 7.70. The van der Waals surface area contributed by atoms with Gasteiger partial charge in [0.05, 0.1) is 7.11 Å². The van der Waals surface area contributed by atoms with Gasteiger partial charge in [-0.05, 0) is 37.7 Å². The second-order valence-corrected chi connectivity index (χ2v) is 5.39. The van der Waals surface area contributed by atoms with Crippen molar-refractivity contribution in [3.8, 4) is 5.88 Å². The Labute approximate surface area is 137 Å². The monoisotopic (exact) mass is 313 g/mol. The van der Waals surface area contributed by atoms with E-state index in [1.807, 2.05) is 18.2 Å². The zero-order valence-corrected chi connectivity index (χ0v) is 13.7. The molecule has 0 saturated carbocycles. The summed E-state index contributed by atoms with van der Waals surface area (Å²) < 4.78 is 5.10. The third-order valence-corrected chi connectivity index (χ3v) is 3.51. The predicted octanol–water partition coefficient (Wildman–Crippen LogP) is 2.34. The molecule has 5 nitrogen and oxygen atoms in total. The van der Waals surface area contributed by atoms with Crippen LogP contribution in [0.1, 0.15) is 22.3 Å². The molecule has 1 amide bonds. The number of hydrogen-bond acceptors (Lipinski definition) is 4. The minimum atomic E-state index is -0.152. The van der Waals surface area contributed by atoms with E-state index in [2.05, 4.69) is 34.4 Å². The van der Waals surface area contributed by atoms with Gasteiger partial charge in [0.25, 0.3) is 5.91 Å². The van der Waals surface area contributed by atoms with Crippen LogP contribution >= 0.6 is 0 Å². The molecule has 2 aromatic rings. The lowest BCUT2D eigenvalue weighted by atomic mass is 10.2. The first-order chi connectivity index (χ1) is 11.2. The largest absolute Gasteiger partial charge is 0.480 e. The van der Waals surface area contributed by atoms with Gasteiger partial charge in [0, 0.05) is 19.3 Å². The molecule has 23 heavy (non-hydrogen) atoms. The molecule has 2 rings (SSSR count). The lowest BCUT2D eigenvalue weighted by Gasteiger charge is -2.16. The smallest absolute Gasteiger partial charge is 0.256 e. The Bertz CT molecular complexity index is 617. The summed E-state index contributed by atoms with van der Waals surface area (Å²) >= 11 is 0. The molecule has 0 radical (unpaired) electrons. The molecule has 0 bridgehead atoms. The van der Waals surface area contributed by atoms with Crippen LogP contribution in [0, 0.1) is 0 Å². The maximum absolute atomic E-state index is 12.1. The summed E-state index contributed by atoms with van der Waals surface area (Å²) in [6.07, 6.45) is 2.49. The Hall–Kier alpha value is -2.40.